The summed E-state index contributed by atoms with van der Waals surface area (Å²) in [7, 11) is 1.57. The van der Waals surface area contributed by atoms with E-state index in [0.29, 0.717) is 18.9 Å². The predicted octanol–water partition coefficient (Wildman–Crippen LogP) is 2.72. The van der Waals surface area contributed by atoms with Gasteiger partial charge in [-0.1, -0.05) is 17.3 Å². The van der Waals surface area contributed by atoms with Crippen LogP contribution in [0.1, 0.15) is 35.9 Å². The topological polar surface area (TPSA) is 106 Å². The van der Waals surface area contributed by atoms with E-state index >= 15 is 0 Å². The molecule has 2 rings (SSSR count). The third kappa shape index (κ3) is 6.35. The molecule has 1 amide bonds. The highest BCUT2D eigenvalue weighted by atomic mass is 16.5. The first-order valence-electron chi connectivity index (χ1n) is 9.26. The molecule has 29 heavy (non-hydrogen) atoms. The molecule has 0 spiro atoms. The lowest BCUT2D eigenvalue weighted by atomic mass is 10.1. The Kier molecular flexibility index (Phi) is 7.78. The minimum absolute atomic E-state index is 0.0453. The third-order valence-electron chi connectivity index (χ3n) is 4.43. The Bertz CT molecular complexity index is 863. The first kappa shape index (κ1) is 22.0. The summed E-state index contributed by atoms with van der Waals surface area (Å²) in [6.07, 6.45) is -0.624. The fraction of sp³-hybridized carbons (Fsp3) is 0.429. The number of hydrogen-bond acceptors (Lipinski definition) is 7. The van der Waals surface area contributed by atoms with Crippen LogP contribution in [0.2, 0.25) is 0 Å². The molecule has 0 aliphatic rings. The Labute approximate surface area is 170 Å². The predicted molar refractivity (Wildman–Crippen MR) is 104 cm³/mol. The fourth-order valence-electron chi connectivity index (χ4n) is 2.66. The summed E-state index contributed by atoms with van der Waals surface area (Å²) in [6, 6.07) is 9.06. The number of nitriles is 1. The van der Waals surface area contributed by atoms with E-state index in [4.69, 9.17) is 19.3 Å². The summed E-state index contributed by atoms with van der Waals surface area (Å²) < 4.78 is 16.1. The van der Waals surface area contributed by atoms with Gasteiger partial charge in [-0.05, 0) is 38.5 Å². The molecule has 1 atom stereocenters. The molecule has 0 saturated carbocycles. The highest BCUT2D eigenvalue weighted by molar-refractivity contribution is 5.83. The molecule has 0 aliphatic carbocycles. The van der Waals surface area contributed by atoms with E-state index in [9.17, 15) is 9.59 Å². The van der Waals surface area contributed by atoms with Gasteiger partial charge in [-0.3, -0.25) is 9.59 Å². The number of rotatable bonds is 9. The number of amides is 1. The van der Waals surface area contributed by atoms with Gasteiger partial charge in [0.1, 0.15) is 18.1 Å². The third-order valence-corrected chi connectivity index (χ3v) is 4.43. The summed E-state index contributed by atoms with van der Waals surface area (Å²) in [4.78, 5) is 25.6. The van der Waals surface area contributed by atoms with Gasteiger partial charge >= 0.3 is 5.97 Å². The fourth-order valence-corrected chi connectivity index (χ4v) is 2.66. The Hall–Kier alpha value is -3.34. The van der Waals surface area contributed by atoms with Crippen molar-refractivity contribution in [1.29, 1.82) is 5.26 Å². The van der Waals surface area contributed by atoms with Crippen molar-refractivity contribution in [2.45, 2.75) is 46.3 Å². The SMILES string of the molecule is Cc1noc(C)c1COc1ccc(CC(=O)O[C@@H](C)C(=O)N(C)CCC#N)cc1. The number of esters is 1. The summed E-state index contributed by atoms with van der Waals surface area (Å²) in [5.74, 6) is 0.550. The Morgan fingerprint density at radius 3 is 2.55 bits per heavy atom. The Morgan fingerprint density at radius 1 is 1.28 bits per heavy atom. The van der Waals surface area contributed by atoms with Gasteiger partial charge in [-0.25, -0.2) is 0 Å². The number of nitrogens with zero attached hydrogens (tertiary/aromatic N) is 3. The zero-order chi connectivity index (χ0) is 21.4. The summed E-state index contributed by atoms with van der Waals surface area (Å²) in [5, 5.41) is 12.5. The van der Waals surface area contributed by atoms with Gasteiger partial charge in [0.2, 0.25) is 0 Å². The maximum absolute atomic E-state index is 12.1. The molecule has 8 nitrogen and oxygen atoms in total. The van der Waals surface area contributed by atoms with Gasteiger partial charge < -0.3 is 18.9 Å². The molecule has 2 aromatic rings. The van der Waals surface area contributed by atoms with Crippen LogP contribution in [0, 0.1) is 25.2 Å². The molecule has 0 fully saturated rings. The normalized spacial score (nSPS) is 11.4. The van der Waals surface area contributed by atoms with Gasteiger partial charge in [0.15, 0.2) is 6.10 Å². The lowest BCUT2D eigenvalue weighted by molar-refractivity contribution is -0.157. The maximum Gasteiger partial charge on any atom is 0.311 e. The molecule has 1 heterocycles. The van der Waals surface area contributed by atoms with Gasteiger partial charge in [0.05, 0.1) is 30.2 Å². The van der Waals surface area contributed by atoms with Gasteiger partial charge in [0.25, 0.3) is 5.91 Å². The monoisotopic (exact) mass is 399 g/mol. The zero-order valence-corrected chi connectivity index (χ0v) is 17.1. The molecule has 1 aromatic heterocycles. The molecule has 0 N–H and O–H groups in total. The van der Waals surface area contributed by atoms with Crippen LogP contribution in [0.25, 0.3) is 0 Å². The highest BCUT2D eigenvalue weighted by Gasteiger charge is 2.21. The number of aryl methyl sites for hydroxylation is 2. The van der Waals surface area contributed by atoms with Crippen LogP contribution < -0.4 is 4.74 Å². The van der Waals surface area contributed by atoms with E-state index in [1.165, 1.54) is 11.8 Å². The number of likely N-dealkylation sites (N-methyl/N-ethyl adjacent to an activating group) is 1. The van der Waals surface area contributed by atoms with Gasteiger partial charge in [-0.15, -0.1) is 0 Å². The molecule has 154 valence electrons. The van der Waals surface area contributed by atoms with Crippen molar-refractivity contribution < 1.29 is 23.6 Å². The van der Waals surface area contributed by atoms with E-state index < -0.39 is 12.1 Å². The maximum atomic E-state index is 12.1. The molecule has 0 unspecified atom stereocenters. The van der Waals surface area contributed by atoms with E-state index in [-0.39, 0.29) is 18.7 Å². The second-order valence-electron chi connectivity index (χ2n) is 6.71. The quantitative estimate of drug-likeness (QED) is 0.597. The van der Waals surface area contributed by atoms with Crippen LogP contribution in [0.3, 0.4) is 0 Å². The van der Waals surface area contributed by atoms with Crippen LogP contribution in [-0.4, -0.2) is 41.6 Å². The molecule has 0 radical (unpaired) electrons. The summed E-state index contributed by atoms with van der Waals surface area (Å²) >= 11 is 0. The van der Waals surface area contributed by atoms with E-state index in [1.54, 1.807) is 31.3 Å². The summed E-state index contributed by atoms with van der Waals surface area (Å²) in [6.45, 7) is 5.86. The lowest BCUT2D eigenvalue weighted by Gasteiger charge is -2.20. The number of aromatic nitrogens is 1. The van der Waals surface area contributed by atoms with Crippen molar-refractivity contribution in [1.82, 2.24) is 10.1 Å². The Balaban J connectivity index is 1.83. The number of hydrogen-bond donors (Lipinski definition) is 0. The average Bonchev–Trinajstić information content (AvgIpc) is 3.02. The molecule has 0 saturated heterocycles. The highest BCUT2D eigenvalue weighted by Crippen LogP contribution is 2.18. The van der Waals surface area contributed by atoms with Crippen molar-refractivity contribution >= 4 is 11.9 Å². The van der Waals surface area contributed by atoms with Crippen molar-refractivity contribution in [3.63, 3.8) is 0 Å². The van der Waals surface area contributed by atoms with Crippen LogP contribution in [-0.2, 0) is 27.4 Å². The first-order chi connectivity index (χ1) is 13.8. The number of carbonyl (C=O) groups excluding carboxylic acids is 2. The average molecular weight is 399 g/mol. The smallest absolute Gasteiger partial charge is 0.311 e. The molecule has 8 heteroatoms. The van der Waals surface area contributed by atoms with E-state index in [0.717, 1.165) is 22.6 Å². The van der Waals surface area contributed by atoms with E-state index in [2.05, 4.69) is 5.16 Å². The second kappa shape index (κ2) is 10.3. The largest absolute Gasteiger partial charge is 0.489 e. The van der Waals surface area contributed by atoms with Gasteiger partial charge in [-0.2, -0.15) is 5.26 Å². The minimum atomic E-state index is -0.899. The van der Waals surface area contributed by atoms with Gasteiger partial charge in [0, 0.05) is 13.6 Å². The van der Waals surface area contributed by atoms with Crippen LogP contribution in [0.15, 0.2) is 28.8 Å². The molecule has 1 aromatic carbocycles. The van der Waals surface area contributed by atoms with Crippen molar-refractivity contribution in [2.75, 3.05) is 13.6 Å². The van der Waals surface area contributed by atoms with Crippen LogP contribution in [0.4, 0.5) is 0 Å². The minimum Gasteiger partial charge on any atom is -0.489 e. The Morgan fingerprint density at radius 2 is 1.97 bits per heavy atom. The van der Waals surface area contributed by atoms with E-state index in [1.807, 2.05) is 19.9 Å². The van der Waals surface area contributed by atoms with Crippen LogP contribution >= 0.6 is 0 Å². The molecule has 0 bridgehead atoms. The number of benzene rings is 1. The molecular weight excluding hydrogens is 374 g/mol. The summed E-state index contributed by atoms with van der Waals surface area (Å²) in [5.41, 5.74) is 2.46. The molecular formula is C21H25N3O5. The standard InChI is InChI=1S/C21H25N3O5/c1-14-19(15(2)29-23-14)13-27-18-8-6-17(7-9-18)12-20(25)28-16(3)21(26)24(4)11-5-10-22/h6-9,16H,5,11-13H2,1-4H3/t16-/m0/s1. The second-order valence-corrected chi connectivity index (χ2v) is 6.71. The van der Waals surface area contributed by atoms with Crippen molar-refractivity contribution in [3.8, 4) is 11.8 Å². The van der Waals surface area contributed by atoms with Crippen molar-refractivity contribution in [3.05, 3.63) is 46.8 Å². The van der Waals surface area contributed by atoms with Crippen molar-refractivity contribution in [2.24, 2.45) is 0 Å². The number of carbonyl (C=O) groups is 2. The zero-order valence-electron chi connectivity index (χ0n) is 17.1. The van der Waals surface area contributed by atoms with Crippen LogP contribution in [0.5, 0.6) is 5.75 Å². The first-order valence-corrected chi connectivity index (χ1v) is 9.26. The number of ether oxygens (including phenoxy) is 2. The molecule has 0 aliphatic heterocycles. The lowest BCUT2D eigenvalue weighted by Crippen LogP contribution is -2.38.